The minimum Gasteiger partial charge on any atom is -0.448 e. The molecule has 3 aromatic heterocycles. The van der Waals surface area contributed by atoms with Gasteiger partial charge in [-0.15, -0.1) is 11.3 Å². The third kappa shape index (κ3) is 4.11. The Hall–Kier alpha value is -3.08. The van der Waals surface area contributed by atoms with Crippen molar-refractivity contribution in [1.29, 1.82) is 0 Å². The smallest absolute Gasteiger partial charge is 0.265 e. The molecule has 5 heterocycles. The van der Waals surface area contributed by atoms with E-state index in [1.54, 1.807) is 18.0 Å². The lowest BCUT2D eigenvalue weighted by atomic mass is 9.71. The van der Waals surface area contributed by atoms with Gasteiger partial charge in [-0.2, -0.15) is 4.98 Å². The number of amides is 2. The largest absolute Gasteiger partial charge is 0.448 e. The van der Waals surface area contributed by atoms with Gasteiger partial charge in [-0.1, -0.05) is 31.8 Å². The molecule has 0 aromatic carbocycles. The maximum Gasteiger partial charge on any atom is 0.265 e. The summed E-state index contributed by atoms with van der Waals surface area (Å²) in [5, 5.41) is 4.45. The molecule has 2 saturated carbocycles. The molecule has 40 heavy (non-hydrogen) atoms. The number of hydrogen-bond donors (Lipinski definition) is 0. The summed E-state index contributed by atoms with van der Waals surface area (Å²) in [6, 6.07) is 0. The zero-order valence-electron chi connectivity index (χ0n) is 23.6. The Bertz CT molecular complexity index is 1430. The number of hydrogen-bond acceptors (Lipinski definition) is 9. The van der Waals surface area contributed by atoms with Gasteiger partial charge in [0.2, 0.25) is 11.8 Å². The first-order valence-corrected chi connectivity index (χ1v) is 15.2. The van der Waals surface area contributed by atoms with Crippen LogP contribution >= 0.6 is 11.3 Å². The highest BCUT2D eigenvalue weighted by atomic mass is 32.1. The van der Waals surface area contributed by atoms with Crippen LogP contribution in [0.4, 0.5) is 0 Å². The summed E-state index contributed by atoms with van der Waals surface area (Å²) in [7, 11) is 0. The van der Waals surface area contributed by atoms with E-state index >= 15 is 0 Å². The molecule has 0 N–H and O–H groups in total. The number of thiazole rings is 1. The summed E-state index contributed by atoms with van der Waals surface area (Å²) in [4.78, 5) is 44.7. The van der Waals surface area contributed by atoms with Crippen molar-refractivity contribution in [2.75, 3.05) is 26.2 Å². The average Bonchev–Trinajstić information content (AvgIpc) is 3.64. The Morgan fingerprint density at radius 1 is 1.10 bits per heavy atom. The number of rotatable bonds is 6. The van der Waals surface area contributed by atoms with Crippen molar-refractivity contribution in [3.05, 3.63) is 46.1 Å². The van der Waals surface area contributed by atoms with Gasteiger partial charge < -0.3 is 18.7 Å². The highest BCUT2D eigenvalue weighted by molar-refractivity contribution is 7.11. The number of oxazole rings is 1. The van der Waals surface area contributed by atoms with Crippen LogP contribution in [0.15, 0.2) is 26.9 Å². The summed E-state index contributed by atoms with van der Waals surface area (Å²) in [6.45, 7) is 10.5. The summed E-state index contributed by atoms with van der Waals surface area (Å²) < 4.78 is 11.8. The number of nitrogens with zero attached hydrogens (tertiary/aromatic N) is 6. The molecule has 212 valence electrons. The Morgan fingerprint density at radius 2 is 1.82 bits per heavy atom. The van der Waals surface area contributed by atoms with Crippen molar-refractivity contribution in [2.24, 2.45) is 16.7 Å². The molecule has 7 rings (SSSR count). The van der Waals surface area contributed by atoms with Crippen LogP contribution in [0.5, 0.6) is 0 Å². The first-order chi connectivity index (χ1) is 19.1. The minimum absolute atomic E-state index is 0.0384. The van der Waals surface area contributed by atoms with Gasteiger partial charge in [0.15, 0.2) is 11.7 Å². The normalized spacial score (nSPS) is 25.5. The molecule has 4 aliphatic rings. The molecule has 1 unspecified atom stereocenters. The number of aromatic nitrogens is 4. The highest BCUT2D eigenvalue weighted by Gasteiger charge is 2.61. The van der Waals surface area contributed by atoms with Gasteiger partial charge in [-0.05, 0) is 38.5 Å². The molecule has 2 aliphatic heterocycles. The van der Waals surface area contributed by atoms with Crippen LogP contribution in [0.1, 0.15) is 105 Å². The van der Waals surface area contributed by atoms with Crippen molar-refractivity contribution in [1.82, 2.24) is 29.9 Å². The van der Waals surface area contributed by atoms with E-state index in [9.17, 15) is 9.59 Å². The molecule has 0 radical (unpaired) electrons. The van der Waals surface area contributed by atoms with Gasteiger partial charge in [-0.3, -0.25) is 14.6 Å². The van der Waals surface area contributed by atoms with E-state index in [4.69, 9.17) is 18.9 Å². The summed E-state index contributed by atoms with van der Waals surface area (Å²) in [6.07, 6.45) is 8.93. The lowest BCUT2D eigenvalue weighted by molar-refractivity contribution is -0.145. The van der Waals surface area contributed by atoms with Crippen molar-refractivity contribution >= 4 is 23.2 Å². The molecule has 1 spiro atoms. The van der Waals surface area contributed by atoms with Gasteiger partial charge >= 0.3 is 0 Å². The topological polar surface area (TPSA) is 118 Å². The van der Waals surface area contributed by atoms with Gasteiger partial charge in [0.1, 0.15) is 11.1 Å². The van der Waals surface area contributed by atoms with E-state index in [0.717, 1.165) is 30.8 Å². The lowest BCUT2D eigenvalue weighted by Gasteiger charge is -2.50. The lowest BCUT2D eigenvalue weighted by Crippen LogP contribution is -2.62. The van der Waals surface area contributed by atoms with Crippen molar-refractivity contribution in [3.8, 4) is 0 Å². The van der Waals surface area contributed by atoms with E-state index in [1.807, 2.05) is 23.6 Å². The zero-order chi connectivity index (χ0) is 27.9. The predicted molar refractivity (Wildman–Crippen MR) is 146 cm³/mol. The van der Waals surface area contributed by atoms with E-state index < -0.39 is 5.41 Å². The van der Waals surface area contributed by atoms with Gasteiger partial charge in [0.05, 0.1) is 28.7 Å². The van der Waals surface area contributed by atoms with Crippen molar-refractivity contribution < 1.29 is 18.5 Å². The minimum atomic E-state index is -0.630. The Morgan fingerprint density at radius 3 is 2.50 bits per heavy atom. The molecular weight excluding hydrogens is 528 g/mol. The third-order valence-corrected chi connectivity index (χ3v) is 10.6. The summed E-state index contributed by atoms with van der Waals surface area (Å²) >= 11 is 1.34. The quantitative estimate of drug-likeness (QED) is 0.426. The van der Waals surface area contributed by atoms with Crippen LogP contribution in [-0.4, -0.2) is 67.9 Å². The van der Waals surface area contributed by atoms with Gasteiger partial charge in [0, 0.05) is 43.4 Å². The van der Waals surface area contributed by atoms with E-state index in [0.29, 0.717) is 48.7 Å². The first-order valence-electron chi connectivity index (χ1n) is 14.3. The van der Waals surface area contributed by atoms with E-state index in [2.05, 4.69) is 24.0 Å². The average molecular weight is 565 g/mol. The molecular formula is C29H36N6O4S. The highest BCUT2D eigenvalue weighted by Crippen LogP contribution is 2.55. The van der Waals surface area contributed by atoms with Crippen molar-refractivity contribution in [2.45, 2.75) is 77.0 Å². The Balaban J connectivity index is 1.14. The fourth-order valence-electron chi connectivity index (χ4n) is 6.93. The fraction of sp³-hybridized carbons (Fsp3) is 0.655. The standard InChI is InChI=1S/C29H36N6O4S/c1-27(2)9-18(27)24(36)35-14-29(15-35)13-34(25(37)20-10-30-16-40-20)11-19(29)22-32-26(39-33-22)28(3,4)21-12-38-23(31-21)17-7-5-6-8-17/h10,12,16-19H,5-9,11,13-15H2,1-4H3/t18-,19?/m1/s1. The van der Waals surface area contributed by atoms with Crippen LogP contribution in [0.25, 0.3) is 0 Å². The molecule has 2 amide bonds. The molecule has 3 aromatic rings. The van der Waals surface area contributed by atoms with Crippen LogP contribution in [0.2, 0.25) is 0 Å². The number of carbonyl (C=O) groups is 2. The molecule has 0 bridgehead atoms. The van der Waals surface area contributed by atoms with Crippen LogP contribution in [-0.2, 0) is 10.2 Å². The van der Waals surface area contributed by atoms with Crippen LogP contribution < -0.4 is 0 Å². The molecule has 2 aliphatic carbocycles. The molecule has 4 fully saturated rings. The maximum atomic E-state index is 13.3. The molecule has 2 saturated heterocycles. The van der Waals surface area contributed by atoms with Gasteiger partial charge in [-0.25, -0.2) is 4.98 Å². The number of carbonyl (C=O) groups excluding carboxylic acids is 2. The Labute approximate surface area is 237 Å². The molecule has 10 nitrogen and oxygen atoms in total. The zero-order valence-corrected chi connectivity index (χ0v) is 24.4. The van der Waals surface area contributed by atoms with E-state index in [1.165, 1.54) is 24.2 Å². The second-order valence-corrected chi connectivity index (χ2v) is 14.4. The summed E-state index contributed by atoms with van der Waals surface area (Å²) in [5.41, 5.74) is 1.60. The second kappa shape index (κ2) is 8.96. The Kier molecular flexibility index (Phi) is 5.79. The fourth-order valence-corrected chi connectivity index (χ4v) is 7.52. The second-order valence-electron chi connectivity index (χ2n) is 13.5. The molecule has 11 heteroatoms. The summed E-state index contributed by atoms with van der Waals surface area (Å²) in [5.74, 6) is 2.38. The maximum absolute atomic E-state index is 13.3. The van der Waals surface area contributed by atoms with Crippen LogP contribution in [0, 0.1) is 16.7 Å². The van der Waals surface area contributed by atoms with Gasteiger partial charge in [0.25, 0.3) is 5.91 Å². The first kappa shape index (κ1) is 25.9. The number of likely N-dealkylation sites (tertiary alicyclic amines) is 2. The molecule has 2 atom stereocenters. The van der Waals surface area contributed by atoms with E-state index in [-0.39, 0.29) is 34.5 Å². The van der Waals surface area contributed by atoms with Crippen molar-refractivity contribution in [3.63, 3.8) is 0 Å². The van der Waals surface area contributed by atoms with Crippen LogP contribution in [0.3, 0.4) is 0 Å². The predicted octanol–water partition coefficient (Wildman–Crippen LogP) is 4.61. The SMILES string of the molecule is CC(C)(c1coc(C2CCCC2)n1)c1nc(C2CN(C(=O)c3cncs3)CC23CN(C(=O)[C@H]2CC2(C)C)C3)no1. The monoisotopic (exact) mass is 564 g/mol. The third-order valence-electron chi connectivity index (χ3n) is 9.87.